The van der Waals surface area contributed by atoms with Gasteiger partial charge in [0.05, 0.1) is 14.2 Å². The monoisotopic (exact) mass is 298 g/mol. The first-order valence-electron chi connectivity index (χ1n) is 6.00. The number of methoxy groups -OCH3 is 2. The molecule has 0 aliphatic carbocycles. The molecule has 21 heavy (non-hydrogen) atoms. The molecule has 0 spiro atoms. The Morgan fingerprint density at radius 1 is 0.762 bits per heavy atom. The zero-order valence-corrected chi connectivity index (χ0v) is 11.3. The van der Waals surface area contributed by atoms with Crippen LogP contribution in [-0.4, -0.2) is 21.5 Å². The van der Waals surface area contributed by atoms with E-state index in [1.807, 2.05) is 0 Å². The van der Waals surface area contributed by atoms with Gasteiger partial charge in [0.2, 0.25) is 7.28 Å². The number of hydrogen-bond donors (Lipinski definition) is 0. The van der Waals surface area contributed by atoms with Crippen LogP contribution < -0.4 is 20.4 Å². The van der Waals surface area contributed by atoms with Gasteiger partial charge in [0.15, 0.2) is 11.6 Å². The number of hydrogen-bond acceptors (Lipinski definition) is 2. The molecule has 0 saturated heterocycles. The Labute approximate surface area is 119 Å². The number of ether oxygens (including phenoxy) is 2. The van der Waals surface area contributed by atoms with Crippen LogP contribution in [0.15, 0.2) is 24.3 Å². The van der Waals surface area contributed by atoms with Crippen molar-refractivity contribution in [3.8, 4) is 11.5 Å². The zero-order chi connectivity index (χ0) is 15.6. The maximum Gasteiger partial charge on any atom is 0.204 e. The highest BCUT2D eigenvalue weighted by Gasteiger charge is 2.18. The highest BCUT2D eigenvalue weighted by molar-refractivity contribution is 6.67. The largest absolute Gasteiger partial charge is 0.497 e. The normalized spacial score (nSPS) is 10.4. The molecule has 0 radical (unpaired) electrons. The summed E-state index contributed by atoms with van der Waals surface area (Å²) >= 11 is 0. The Kier molecular flexibility index (Phi) is 4.40. The molecular formula is C14H11BF4O2. The third-order valence-corrected chi connectivity index (χ3v) is 3.04. The average molecular weight is 298 g/mol. The molecule has 2 aromatic rings. The summed E-state index contributed by atoms with van der Waals surface area (Å²) in [4.78, 5) is 0. The van der Waals surface area contributed by atoms with Crippen LogP contribution in [0.25, 0.3) is 0 Å². The van der Waals surface area contributed by atoms with E-state index in [9.17, 15) is 17.6 Å². The summed E-state index contributed by atoms with van der Waals surface area (Å²) in [5.74, 6) is -3.69. The van der Waals surface area contributed by atoms with E-state index in [0.717, 1.165) is 18.2 Å². The molecule has 0 fully saturated rings. The van der Waals surface area contributed by atoms with Crippen LogP contribution in [0.5, 0.6) is 11.5 Å². The lowest BCUT2D eigenvalue weighted by Crippen LogP contribution is -2.34. The zero-order valence-electron chi connectivity index (χ0n) is 11.3. The van der Waals surface area contributed by atoms with Gasteiger partial charge in [-0.15, -0.1) is 0 Å². The Balaban J connectivity index is 2.43. The maximum atomic E-state index is 13.8. The van der Waals surface area contributed by atoms with Gasteiger partial charge in [0, 0.05) is 18.2 Å². The van der Waals surface area contributed by atoms with E-state index in [1.54, 1.807) is 0 Å². The van der Waals surface area contributed by atoms with Crippen molar-refractivity contribution >= 4 is 18.2 Å². The Bertz CT molecular complexity index is 653. The van der Waals surface area contributed by atoms with Crippen molar-refractivity contribution in [1.29, 1.82) is 0 Å². The van der Waals surface area contributed by atoms with Gasteiger partial charge in [0.25, 0.3) is 0 Å². The highest BCUT2D eigenvalue weighted by atomic mass is 19.1. The number of benzene rings is 2. The summed E-state index contributed by atoms with van der Waals surface area (Å²) in [7, 11) is 2.12. The smallest absolute Gasteiger partial charge is 0.204 e. The molecule has 0 bridgehead atoms. The van der Waals surface area contributed by atoms with Crippen molar-refractivity contribution < 1.29 is 27.0 Å². The quantitative estimate of drug-likeness (QED) is 0.631. The molecule has 7 heteroatoms. The molecule has 0 N–H and O–H groups in total. The molecular weight excluding hydrogens is 287 g/mol. The van der Waals surface area contributed by atoms with Crippen molar-refractivity contribution in [3.63, 3.8) is 0 Å². The fourth-order valence-corrected chi connectivity index (χ4v) is 1.92. The molecule has 0 saturated carbocycles. The number of halogens is 4. The van der Waals surface area contributed by atoms with Gasteiger partial charge in [-0.25, -0.2) is 17.6 Å². The summed E-state index contributed by atoms with van der Waals surface area (Å²) in [5, 5.41) is 0. The molecule has 2 aromatic carbocycles. The first-order valence-corrected chi connectivity index (χ1v) is 6.00. The van der Waals surface area contributed by atoms with E-state index in [1.165, 1.54) is 14.2 Å². The van der Waals surface area contributed by atoms with Crippen molar-refractivity contribution in [1.82, 2.24) is 0 Å². The van der Waals surface area contributed by atoms with Gasteiger partial charge in [-0.2, -0.15) is 0 Å². The van der Waals surface area contributed by atoms with Crippen LogP contribution in [0.4, 0.5) is 17.6 Å². The predicted molar refractivity (Wildman–Crippen MR) is 72.2 cm³/mol. The van der Waals surface area contributed by atoms with Gasteiger partial charge in [-0.05, 0) is 17.0 Å². The molecule has 0 unspecified atom stereocenters. The van der Waals surface area contributed by atoms with E-state index < -0.39 is 23.3 Å². The summed E-state index contributed by atoms with van der Waals surface area (Å²) in [6.07, 6.45) is 0. The molecule has 0 aliphatic rings. The summed E-state index contributed by atoms with van der Waals surface area (Å²) < 4.78 is 64.1. The molecule has 2 rings (SSSR count). The minimum absolute atomic E-state index is 0.0194. The van der Waals surface area contributed by atoms with Crippen molar-refractivity contribution in [2.24, 2.45) is 0 Å². The fourth-order valence-electron chi connectivity index (χ4n) is 1.92. The van der Waals surface area contributed by atoms with Gasteiger partial charge in [-0.1, -0.05) is 0 Å². The highest BCUT2D eigenvalue weighted by Crippen LogP contribution is 2.16. The second-order valence-corrected chi connectivity index (χ2v) is 4.32. The molecule has 0 heterocycles. The number of rotatable bonds is 4. The SMILES string of the molecule is COc1cc(F)c(Bc2cc(OC)c(F)cc2F)c(F)c1. The van der Waals surface area contributed by atoms with E-state index in [-0.39, 0.29) is 29.7 Å². The minimum atomic E-state index is -0.900. The van der Waals surface area contributed by atoms with Gasteiger partial charge in [0.1, 0.15) is 23.2 Å². The Hall–Kier alpha value is -2.18. The predicted octanol–water partition coefficient (Wildman–Crippen LogP) is 1.65. The lowest BCUT2D eigenvalue weighted by atomic mass is 9.63. The topological polar surface area (TPSA) is 18.5 Å². The molecule has 0 aromatic heterocycles. The summed E-state index contributed by atoms with van der Waals surface area (Å²) in [6.45, 7) is 0. The second-order valence-electron chi connectivity index (χ2n) is 4.32. The molecule has 0 aliphatic heterocycles. The van der Waals surface area contributed by atoms with Crippen molar-refractivity contribution in [2.75, 3.05) is 14.2 Å². The summed E-state index contributed by atoms with van der Waals surface area (Å²) in [5.41, 5.74) is -0.403. The van der Waals surface area contributed by atoms with Gasteiger partial charge >= 0.3 is 0 Å². The summed E-state index contributed by atoms with van der Waals surface area (Å²) in [6, 6.07) is 3.69. The van der Waals surface area contributed by atoms with Crippen molar-refractivity contribution in [3.05, 3.63) is 47.5 Å². The first-order chi connectivity index (χ1) is 9.96. The third kappa shape index (κ3) is 3.12. The average Bonchev–Trinajstić information content (AvgIpc) is 2.44. The molecule has 0 atom stereocenters. The van der Waals surface area contributed by atoms with E-state index in [0.29, 0.717) is 6.07 Å². The first kappa shape index (κ1) is 15.2. The van der Waals surface area contributed by atoms with Crippen LogP contribution in [0.3, 0.4) is 0 Å². The van der Waals surface area contributed by atoms with Crippen molar-refractivity contribution in [2.45, 2.75) is 0 Å². The Morgan fingerprint density at radius 2 is 1.38 bits per heavy atom. The standard InChI is InChI=1S/C14H11BF4O2/c1-20-7-3-11(18)14(12(19)4-7)15-8-5-13(21-2)10(17)6-9(8)16/h3-6,15H,1-2H3. The van der Waals surface area contributed by atoms with E-state index in [4.69, 9.17) is 9.47 Å². The van der Waals surface area contributed by atoms with Crippen LogP contribution in [0.1, 0.15) is 0 Å². The fraction of sp³-hybridized carbons (Fsp3) is 0.143. The van der Waals surface area contributed by atoms with E-state index >= 15 is 0 Å². The molecule has 0 amide bonds. The second kappa shape index (κ2) is 6.07. The van der Waals surface area contributed by atoms with E-state index in [2.05, 4.69) is 0 Å². The van der Waals surface area contributed by atoms with Crippen LogP contribution in [-0.2, 0) is 0 Å². The molecule has 2 nitrogen and oxygen atoms in total. The van der Waals surface area contributed by atoms with Crippen LogP contribution in [0, 0.1) is 23.3 Å². The maximum absolute atomic E-state index is 13.8. The third-order valence-electron chi connectivity index (χ3n) is 3.04. The van der Waals surface area contributed by atoms with Gasteiger partial charge < -0.3 is 9.47 Å². The van der Waals surface area contributed by atoms with Crippen LogP contribution >= 0.6 is 0 Å². The lowest BCUT2D eigenvalue weighted by molar-refractivity contribution is 0.385. The van der Waals surface area contributed by atoms with Gasteiger partial charge in [-0.3, -0.25) is 0 Å². The Morgan fingerprint density at radius 3 is 1.90 bits per heavy atom. The minimum Gasteiger partial charge on any atom is -0.497 e. The molecule has 110 valence electrons. The lowest BCUT2D eigenvalue weighted by Gasteiger charge is -2.09. The van der Waals surface area contributed by atoms with Crippen LogP contribution in [0.2, 0.25) is 0 Å².